The summed E-state index contributed by atoms with van der Waals surface area (Å²) in [5, 5.41) is 153. The number of rotatable bonds is 16. The summed E-state index contributed by atoms with van der Waals surface area (Å²) < 4.78 is 44.5. The normalized spacial score (nSPS) is 26.4. The maximum Gasteiger partial charge on any atom is 0.330 e. The van der Waals surface area contributed by atoms with Crippen molar-refractivity contribution in [2.24, 2.45) is 11.7 Å². The summed E-state index contributed by atoms with van der Waals surface area (Å²) in [6.45, 7) is 2.42. The van der Waals surface area contributed by atoms with Crippen molar-refractivity contribution in [1.29, 1.82) is 0 Å². The summed E-state index contributed by atoms with van der Waals surface area (Å²) in [4.78, 5) is 122. The molecule has 626 valence electrons. The number of fused-ring (bicyclic) bond motifs is 14. The minimum atomic E-state index is -2.39. The van der Waals surface area contributed by atoms with Gasteiger partial charge in [0.15, 0.2) is 29.0 Å². The zero-order valence-electron chi connectivity index (χ0n) is 63.0. The maximum atomic E-state index is 16.6. The zero-order valence-corrected chi connectivity index (χ0v) is 64.5. The largest absolute Gasteiger partial charge is 0.508 e. The summed E-state index contributed by atoms with van der Waals surface area (Å²) in [5.74, 6) is -16.2. The van der Waals surface area contributed by atoms with Crippen molar-refractivity contribution in [3.63, 3.8) is 0 Å². The van der Waals surface area contributed by atoms with Crippen molar-refractivity contribution in [2.75, 3.05) is 13.2 Å². The van der Waals surface area contributed by atoms with Crippen molar-refractivity contribution in [1.82, 2.24) is 37.2 Å². The fraction of sp³-hybridized carbons (Fsp3) is 0.383. The molecule has 8 heterocycles. The van der Waals surface area contributed by atoms with Crippen LogP contribution in [0, 0.1) is 5.92 Å². The second-order valence-electron chi connectivity index (χ2n) is 29.9. The van der Waals surface area contributed by atoms with Crippen molar-refractivity contribution in [3.8, 4) is 80.1 Å². The molecule has 0 aliphatic carbocycles. The van der Waals surface area contributed by atoms with Crippen molar-refractivity contribution in [2.45, 2.75) is 175 Å². The Morgan fingerprint density at radius 1 is 0.559 bits per heavy atom. The molecule has 7 aromatic carbocycles. The molecule has 7 amide bonds. The number of hydrogen-bond donors (Lipinski definition) is 20. The first-order chi connectivity index (χ1) is 56.3. The van der Waals surface area contributed by atoms with Crippen LogP contribution in [-0.4, -0.2) is 189 Å². The molecule has 15 rings (SSSR count). The molecule has 0 saturated carbocycles. The predicted octanol–water partition coefficient (Wildman–Crippen LogP) is 4.47. The van der Waals surface area contributed by atoms with Crippen LogP contribution in [0.15, 0.2) is 115 Å². The highest BCUT2D eigenvalue weighted by atomic mass is 35.5. The van der Waals surface area contributed by atoms with Crippen LogP contribution in [0.25, 0.3) is 11.1 Å². The van der Waals surface area contributed by atoms with E-state index in [9.17, 15) is 75.7 Å². The number of aliphatic hydroxyl groups excluding tert-OH is 7. The standard InChI is InChI=1S/C81H86Cl2N8O27/c1-33(2)8-6-4-3-5-7-9-59(99)86-68-72(103)71(102)58(32-93)117-81(68)118-73-55-25-39-26-56(73)114-52-17-13-37(23-46(52)83)69(100)67-79(109)90-66(80(110)111)44-28-41(95)29-54(115-60-30-50(98)70(101)57(31-92)116-60)61(44)43-22-36(12-14-48(43)96)63(76(106)91-67)88-78(108)65(39)89-77(107)64-38-20-40(94)27-42(21-38)112-53-24-35(11-15-49(53)97)62(84)75(105)85-47(74(104)87-64)19-34-10-16-51(113-55)45(82)18-34/h10-18,20-29,33,47,50,57-58,60,62-72,81,92-98,100-103H,3-9,19,30-32,84H2,1-2H3,(H,85,105)(H,86,99)(H,87,104)(H,88,108)(H,89,107)(H,90,109)(H,91,106)(H,110,111)/t47-,50-,57-,58-,60+,62-,63-,64+,65-,66-,67+,68-,69-,70+,71-,72-,81+/m1/s1. The molecule has 17 bridgehead atoms. The highest BCUT2D eigenvalue weighted by Crippen LogP contribution is 2.50. The number of phenolic OH excluding ortho intramolecular Hbond substituents is 4. The van der Waals surface area contributed by atoms with Gasteiger partial charge in [-0.1, -0.05) is 93.4 Å². The second-order valence-corrected chi connectivity index (χ2v) is 30.7. The van der Waals surface area contributed by atoms with Gasteiger partial charge < -0.3 is 137 Å². The molecular formula is C81H86Cl2N8O27. The quantitative estimate of drug-likeness (QED) is 0.0593. The van der Waals surface area contributed by atoms with Gasteiger partial charge in [-0.3, -0.25) is 33.6 Å². The Hall–Kier alpha value is -11.3. The van der Waals surface area contributed by atoms with Crippen LogP contribution in [0.3, 0.4) is 0 Å². The van der Waals surface area contributed by atoms with E-state index in [1.165, 1.54) is 30.3 Å². The van der Waals surface area contributed by atoms with Gasteiger partial charge >= 0.3 is 5.97 Å². The molecule has 2 saturated heterocycles. The smallest absolute Gasteiger partial charge is 0.330 e. The minimum absolute atomic E-state index is 0.0630. The summed E-state index contributed by atoms with van der Waals surface area (Å²) in [6, 6.07) is 4.80. The third-order valence-electron chi connectivity index (χ3n) is 21.0. The number of carbonyl (C=O) groups excluding carboxylic acids is 7. The van der Waals surface area contributed by atoms with Gasteiger partial charge in [-0.15, -0.1) is 0 Å². The van der Waals surface area contributed by atoms with Gasteiger partial charge in [0.05, 0.1) is 29.4 Å². The zero-order chi connectivity index (χ0) is 84.4. The van der Waals surface area contributed by atoms with Gasteiger partial charge in [-0.2, -0.15) is 0 Å². The van der Waals surface area contributed by atoms with Crippen LogP contribution in [0.4, 0.5) is 0 Å². The molecule has 17 atom stereocenters. The number of unbranched alkanes of at least 4 members (excludes halogenated alkanes) is 4. The van der Waals surface area contributed by atoms with Gasteiger partial charge in [-0.25, -0.2) is 4.79 Å². The number of aliphatic hydroxyl groups is 7. The van der Waals surface area contributed by atoms with Gasteiger partial charge in [0.25, 0.3) is 0 Å². The fourth-order valence-corrected chi connectivity index (χ4v) is 15.2. The SMILES string of the molecule is CC(C)CCCCCCCC(=O)N[C@H]1[C@H](Oc2c3cc4cc2Oc2ccc(cc2Cl)[C@@H](O)[C@@H]2NC(=O)[C@H](NC(=O)[C@@H]4NC(=O)[C@H]4NC(=O)[C@@H](Cc5ccc(c(Cl)c5)O3)NC(=O)[C@H](N)c3ccc(O)c(c3)Oc3cc(O)cc4c3)c3ccc(O)c(c3)-c3c(O[C@@H]4C[C@@H](O)[C@H](O)[C@@H](CO)O4)cc(O)cc3[C@H](C(=O)O)NC2=O)O[C@H](CO)[C@@H](O)[C@@H]1O. The third kappa shape index (κ3) is 18.5. The molecule has 35 nitrogen and oxygen atoms in total. The van der Waals surface area contributed by atoms with Gasteiger partial charge in [0.1, 0.15) is 119 Å². The Bertz CT molecular complexity index is 5040. The number of carbonyl (C=O) groups is 8. The fourth-order valence-electron chi connectivity index (χ4n) is 14.8. The summed E-state index contributed by atoms with van der Waals surface area (Å²) in [5.41, 5.74) is 3.77. The molecule has 8 aliphatic heterocycles. The van der Waals surface area contributed by atoms with Gasteiger partial charge in [-0.05, 0) is 125 Å². The molecule has 2 fully saturated rings. The number of ether oxygens (including phenoxy) is 7. The number of benzene rings is 7. The lowest BCUT2D eigenvalue weighted by Gasteiger charge is -2.42. The minimum Gasteiger partial charge on any atom is -0.508 e. The molecule has 0 radical (unpaired) electrons. The van der Waals surface area contributed by atoms with Crippen LogP contribution in [-0.2, 0) is 54.3 Å². The van der Waals surface area contributed by atoms with E-state index < -0.39 is 262 Å². The van der Waals surface area contributed by atoms with Gasteiger partial charge in [0, 0.05) is 48.1 Å². The van der Waals surface area contributed by atoms with E-state index in [0.29, 0.717) is 18.8 Å². The number of nitrogens with two attached hydrogens (primary N) is 1. The Kier molecular flexibility index (Phi) is 25.7. The molecule has 21 N–H and O–H groups in total. The summed E-state index contributed by atoms with van der Waals surface area (Å²) in [7, 11) is 0. The van der Waals surface area contributed by atoms with Crippen molar-refractivity contribution < 1.29 is 133 Å². The van der Waals surface area contributed by atoms with Gasteiger partial charge in [0.2, 0.25) is 59.7 Å². The molecule has 8 aliphatic rings. The first kappa shape index (κ1) is 84.6. The number of nitrogens with one attached hydrogen (secondary N) is 7. The highest BCUT2D eigenvalue weighted by Gasteiger charge is 2.49. The molecule has 0 aromatic heterocycles. The average molecular weight is 1670 g/mol. The van der Waals surface area contributed by atoms with Crippen molar-refractivity contribution >= 4 is 70.5 Å². The van der Waals surface area contributed by atoms with Crippen LogP contribution < -0.4 is 66.6 Å². The van der Waals surface area contributed by atoms with E-state index >= 15 is 24.0 Å². The predicted molar refractivity (Wildman–Crippen MR) is 412 cm³/mol. The van der Waals surface area contributed by atoms with E-state index in [-0.39, 0.29) is 50.9 Å². The number of amides is 7. The van der Waals surface area contributed by atoms with Crippen LogP contribution >= 0.6 is 23.2 Å². The van der Waals surface area contributed by atoms with E-state index in [1.54, 1.807) is 0 Å². The number of aliphatic carboxylic acids is 1. The number of carboxylic acid groups (broad SMARTS) is 1. The summed E-state index contributed by atoms with van der Waals surface area (Å²) in [6.07, 6.45) is -12.5. The third-order valence-corrected chi connectivity index (χ3v) is 21.6. The Morgan fingerprint density at radius 3 is 1.84 bits per heavy atom. The molecule has 37 heteroatoms. The lowest BCUT2D eigenvalue weighted by molar-refractivity contribution is -0.244. The number of halogens is 2. The second kappa shape index (κ2) is 35.9. The molecule has 0 unspecified atom stereocenters. The van der Waals surface area contributed by atoms with Crippen molar-refractivity contribution in [3.05, 3.63) is 164 Å². The van der Waals surface area contributed by atoms with E-state index in [4.69, 9.17) is 62.1 Å². The van der Waals surface area contributed by atoms with E-state index in [2.05, 4.69) is 51.1 Å². The molecule has 0 spiro atoms. The van der Waals surface area contributed by atoms with Crippen LogP contribution in [0.5, 0.6) is 69.0 Å². The van der Waals surface area contributed by atoms with Crippen LogP contribution in [0.2, 0.25) is 10.0 Å². The van der Waals surface area contributed by atoms with Crippen LogP contribution in [0.1, 0.15) is 140 Å². The Balaban J connectivity index is 1.04. The first-order valence-electron chi connectivity index (χ1n) is 37.8. The number of carboxylic acids is 1. The monoisotopic (exact) mass is 1670 g/mol. The average Bonchev–Trinajstić information content (AvgIpc) is 0.758. The molecular weight excluding hydrogens is 1590 g/mol. The molecule has 7 aromatic rings. The topological polar surface area (TPSA) is 554 Å². The highest BCUT2D eigenvalue weighted by molar-refractivity contribution is 6.32. The lowest BCUT2D eigenvalue weighted by atomic mass is 9.89. The Labute approximate surface area is 681 Å². The first-order valence-corrected chi connectivity index (χ1v) is 38.6. The lowest BCUT2D eigenvalue weighted by Crippen LogP contribution is -2.65. The molecule has 118 heavy (non-hydrogen) atoms. The Morgan fingerprint density at radius 2 is 1.16 bits per heavy atom. The number of hydrogen-bond acceptors (Lipinski definition) is 27. The van der Waals surface area contributed by atoms with E-state index in [0.717, 1.165) is 111 Å². The number of aromatic hydroxyl groups is 4. The number of phenols is 4. The van der Waals surface area contributed by atoms with E-state index in [1.807, 2.05) is 0 Å². The summed E-state index contributed by atoms with van der Waals surface area (Å²) >= 11 is 14.4. The maximum absolute atomic E-state index is 16.6.